The summed E-state index contributed by atoms with van der Waals surface area (Å²) in [6.07, 6.45) is 25.5. The van der Waals surface area contributed by atoms with Gasteiger partial charge in [0.15, 0.2) is 0 Å². The Morgan fingerprint density at radius 2 is 0.880 bits per heavy atom. The lowest BCUT2D eigenvalue weighted by atomic mass is 10.0. The molecule has 0 rings (SSSR count). The largest absolute Gasteiger partial charge is 0.368 e. The van der Waals surface area contributed by atoms with Gasteiger partial charge in [0.05, 0.1) is 6.04 Å². The van der Waals surface area contributed by atoms with Crippen LogP contribution >= 0.6 is 0 Å². The van der Waals surface area contributed by atoms with Crippen LogP contribution in [0.3, 0.4) is 0 Å². The quantitative estimate of drug-likeness (QED) is 0.254. The van der Waals surface area contributed by atoms with Crippen LogP contribution in [0.2, 0.25) is 0 Å². The van der Waals surface area contributed by atoms with Crippen molar-refractivity contribution in [3.05, 3.63) is 0 Å². The molecule has 0 fully saturated rings. The van der Waals surface area contributed by atoms with E-state index < -0.39 is 6.04 Å². The summed E-state index contributed by atoms with van der Waals surface area (Å²) in [6.45, 7) is 2.28. The zero-order chi connectivity index (χ0) is 18.6. The normalized spacial score (nSPS) is 12.4. The summed E-state index contributed by atoms with van der Waals surface area (Å²) < 4.78 is 0. The van der Waals surface area contributed by atoms with Crippen molar-refractivity contribution in [2.75, 3.05) is 0 Å². The van der Waals surface area contributed by atoms with E-state index in [1.54, 1.807) is 0 Å². The van der Waals surface area contributed by atoms with Gasteiger partial charge in [0.1, 0.15) is 0 Å². The zero-order valence-electron chi connectivity index (χ0n) is 17.1. The molecule has 0 spiro atoms. The molecule has 0 aliphatic carbocycles. The first-order chi connectivity index (χ1) is 12.2. The SMILES string of the molecule is CCCCCCCCCCCCCCCCCCCCC(N)C(N)=O. The lowest BCUT2D eigenvalue weighted by Crippen LogP contribution is -2.36. The molecule has 0 saturated heterocycles. The van der Waals surface area contributed by atoms with Crippen LogP contribution in [0.5, 0.6) is 0 Å². The summed E-state index contributed by atoms with van der Waals surface area (Å²) in [5.74, 6) is -0.369. The molecule has 3 nitrogen and oxygen atoms in total. The van der Waals surface area contributed by atoms with Crippen molar-refractivity contribution in [3.63, 3.8) is 0 Å². The second-order valence-corrected chi connectivity index (χ2v) is 7.81. The van der Waals surface area contributed by atoms with E-state index in [2.05, 4.69) is 6.92 Å². The van der Waals surface area contributed by atoms with Gasteiger partial charge in [-0.1, -0.05) is 122 Å². The van der Waals surface area contributed by atoms with E-state index in [4.69, 9.17) is 11.5 Å². The van der Waals surface area contributed by atoms with Gasteiger partial charge < -0.3 is 11.5 Å². The molecule has 0 aliphatic rings. The highest BCUT2D eigenvalue weighted by Gasteiger charge is 2.07. The molecule has 1 atom stereocenters. The van der Waals surface area contributed by atoms with Crippen LogP contribution in [-0.4, -0.2) is 11.9 Å². The van der Waals surface area contributed by atoms with E-state index in [-0.39, 0.29) is 5.91 Å². The van der Waals surface area contributed by atoms with E-state index in [9.17, 15) is 4.79 Å². The molecule has 0 bridgehead atoms. The third-order valence-corrected chi connectivity index (χ3v) is 5.23. The molecule has 150 valence electrons. The molecule has 3 heteroatoms. The van der Waals surface area contributed by atoms with Crippen molar-refractivity contribution >= 4 is 5.91 Å². The molecule has 0 aromatic heterocycles. The van der Waals surface area contributed by atoms with Gasteiger partial charge in [-0.05, 0) is 6.42 Å². The molecule has 0 heterocycles. The van der Waals surface area contributed by atoms with Crippen molar-refractivity contribution in [2.24, 2.45) is 11.5 Å². The standard InChI is InChI=1S/C22H46N2O/c1-2-3-4-5-6-7-8-9-10-11-12-13-14-15-16-17-18-19-20-21(23)22(24)25/h21H,2-20,23H2,1H3,(H2,24,25). The predicted octanol–water partition coefficient (Wildman–Crippen LogP) is 6.23. The maximum Gasteiger partial charge on any atom is 0.234 e. The molecule has 0 aromatic carbocycles. The van der Waals surface area contributed by atoms with Crippen LogP contribution < -0.4 is 11.5 Å². The molecule has 1 amide bonds. The summed E-state index contributed by atoms with van der Waals surface area (Å²) in [5.41, 5.74) is 10.8. The summed E-state index contributed by atoms with van der Waals surface area (Å²) >= 11 is 0. The minimum atomic E-state index is -0.443. The highest BCUT2D eigenvalue weighted by Crippen LogP contribution is 2.14. The van der Waals surface area contributed by atoms with Crippen LogP contribution in [0.4, 0.5) is 0 Å². The molecule has 25 heavy (non-hydrogen) atoms. The molecule has 0 aliphatic heterocycles. The molecular formula is C22H46N2O. The second kappa shape index (κ2) is 19.8. The first-order valence-corrected chi connectivity index (χ1v) is 11.2. The van der Waals surface area contributed by atoms with E-state index in [1.165, 1.54) is 109 Å². The Balaban J connectivity index is 3.04. The number of hydrogen-bond acceptors (Lipinski definition) is 2. The Morgan fingerprint density at radius 3 is 1.16 bits per heavy atom. The number of nitrogens with two attached hydrogens (primary N) is 2. The fourth-order valence-corrected chi connectivity index (χ4v) is 3.41. The van der Waals surface area contributed by atoms with Crippen LogP contribution in [-0.2, 0) is 4.79 Å². The Hall–Kier alpha value is -0.570. The van der Waals surface area contributed by atoms with Gasteiger partial charge >= 0.3 is 0 Å². The second-order valence-electron chi connectivity index (χ2n) is 7.81. The molecule has 0 radical (unpaired) electrons. The number of unbranched alkanes of at least 4 members (excludes halogenated alkanes) is 17. The molecular weight excluding hydrogens is 308 g/mol. The third-order valence-electron chi connectivity index (χ3n) is 5.23. The lowest BCUT2D eigenvalue weighted by Gasteiger charge is -2.06. The number of carbonyl (C=O) groups is 1. The number of hydrogen-bond donors (Lipinski definition) is 2. The highest BCUT2D eigenvalue weighted by atomic mass is 16.1. The van der Waals surface area contributed by atoms with Crippen LogP contribution in [0, 0.1) is 0 Å². The molecule has 0 aromatic rings. The van der Waals surface area contributed by atoms with Gasteiger partial charge in [-0.2, -0.15) is 0 Å². The van der Waals surface area contributed by atoms with Crippen molar-refractivity contribution in [3.8, 4) is 0 Å². The van der Waals surface area contributed by atoms with Crippen LogP contribution in [0.25, 0.3) is 0 Å². The van der Waals surface area contributed by atoms with Gasteiger partial charge in [0.25, 0.3) is 0 Å². The van der Waals surface area contributed by atoms with E-state index in [0.717, 1.165) is 12.8 Å². The number of amides is 1. The maximum atomic E-state index is 10.8. The van der Waals surface area contributed by atoms with E-state index in [0.29, 0.717) is 0 Å². The zero-order valence-corrected chi connectivity index (χ0v) is 17.1. The van der Waals surface area contributed by atoms with Crippen molar-refractivity contribution in [1.29, 1.82) is 0 Å². The number of carbonyl (C=O) groups excluding carboxylic acids is 1. The van der Waals surface area contributed by atoms with Crippen LogP contribution in [0.1, 0.15) is 129 Å². The Bertz CT molecular complexity index is 281. The molecule has 0 saturated carbocycles. The number of rotatable bonds is 20. The smallest absolute Gasteiger partial charge is 0.234 e. The first kappa shape index (κ1) is 24.4. The first-order valence-electron chi connectivity index (χ1n) is 11.2. The van der Waals surface area contributed by atoms with E-state index in [1.807, 2.05) is 0 Å². The van der Waals surface area contributed by atoms with Gasteiger partial charge in [0.2, 0.25) is 5.91 Å². The fourth-order valence-electron chi connectivity index (χ4n) is 3.41. The van der Waals surface area contributed by atoms with Gasteiger partial charge in [-0.3, -0.25) is 4.79 Å². The monoisotopic (exact) mass is 354 g/mol. The highest BCUT2D eigenvalue weighted by molar-refractivity contribution is 5.79. The lowest BCUT2D eigenvalue weighted by molar-refractivity contribution is -0.119. The minimum Gasteiger partial charge on any atom is -0.368 e. The van der Waals surface area contributed by atoms with E-state index >= 15 is 0 Å². The maximum absolute atomic E-state index is 10.8. The topological polar surface area (TPSA) is 69.1 Å². The molecule has 1 unspecified atom stereocenters. The predicted molar refractivity (Wildman–Crippen MR) is 111 cm³/mol. The van der Waals surface area contributed by atoms with Crippen LogP contribution in [0.15, 0.2) is 0 Å². The summed E-state index contributed by atoms with van der Waals surface area (Å²) in [5, 5.41) is 0. The Morgan fingerprint density at radius 1 is 0.600 bits per heavy atom. The Kier molecular flexibility index (Phi) is 19.3. The summed E-state index contributed by atoms with van der Waals surface area (Å²) in [4.78, 5) is 10.8. The summed E-state index contributed by atoms with van der Waals surface area (Å²) in [7, 11) is 0. The van der Waals surface area contributed by atoms with Crippen molar-refractivity contribution in [1.82, 2.24) is 0 Å². The van der Waals surface area contributed by atoms with Gasteiger partial charge in [0, 0.05) is 0 Å². The fraction of sp³-hybridized carbons (Fsp3) is 0.955. The third kappa shape index (κ3) is 19.6. The van der Waals surface area contributed by atoms with Crippen molar-refractivity contribution in [2.45, 2.75) is 135 Å². The Labute approximate surface area is 157 Å². The summed E-state index contributed by atoms with van der Waals surface area (Å²) in [6, 6.07) is -0.443. The average molecular weight is 355 g/mol. The van der Waals surface area contributed by atoms with Crippen molar-refractivity contribution < 1.29 is 4.79 Å². The van der Waals surface area contributed by atoms with Gasteiger partial charge in [-0.15, -0.1) is 0 Å². The minimum absolute atomic E-state index is 0.369. The van der Waals surface area contributed by atoms with Gasteiger partial charge in [-0.25, -0.2) is 0 Å². The molecule has 4 N–H and O–H groups in total. The number of primary amides is 1. The average Bonchev–Trinajstić information content (AvgIpc) is 2.60.